The van der Waals surface area contributed by atoms with Gasteiger partial charge in [-0.2, -0.15) is 0 Å². The number of benzene rings is 2. The maximum Gasteiger partial charge on any atom is 0.191 e. The molecule has 5 nitrogen and oxygen atoms in total. The second kappa shape index (κ2) is 9.47. The van der Waals surface area contributed by atoms with E-state index in [1.165, 1.54) is 30.0 Å². The Balaban J connectivity index is 1.56. The number of aromatic nitrogens is 3. The molecule has 2 aromatic carbocycles. The summed E-state index contributed by atoms with van der Waals surface area (Å²) >= 11 is 1.45. The number of ether oxygens (including phenoxy) is 1. The molecule has 29 heavy (non-hydrogen) atoms. The van der Waals surface area contributed by atoms with Crippen molar-refractivity contribution >= 4 is 11.8 Å². The average molecular weight is 416 g/mol. The molecule has 0 N–H and O–H groups in total. The van der Waals surface area contributed by atoms with Crippen LogP contribution in [0, 0.1) is 11.6 Å². The first-order chi connectivity index (χ1) is 14.2. The minimum absolute atomic E-state index is 0.224. The molecular weight excluding hydrogens is 394 g/mol. The van der Waals surface area contributed by atoms with E-state index in [-0.39, 0.29) is 11.6 Å². The second-order valence-corrected chi connectivity index (χ2v) is 7.74. The number of rotatable bonds is 7. The van der Waals surface area contributed by atoms with E-state index in [0.29, 0.717) is 23.7 Å². The molecule has 2 heterocycles. The molecule has 152 valence electrons. The first kappa shape index (κ1) is 20.0. The van der Waals surface area contributed by atoms with Gasteiger partial charge in [0.25, 0.3) is 0 Å². The van der Waals surface area contributed by atoms with Crippen molar-refractivity contribution in [2.75, 3.05) is 32.8 Å². The summed E-state index contributed by atoms with van der Waals surface area (Å²) in [6.45, 7) is 4.80. The van der Waals surface area contributed by atoms with Crippen molar-refractivity contribution in [2.24, 2.45) is 0 Å². The van der Waals surface area contributed by atoms with Gasteiger partial charge in [0.2, 0.25) is 0 Å². The van der Waals surface area contributed by atoms with Gasteiger partial charge in [0.1, 0.15) is 11.6 Å². The van der Waals surface area contributed by atoms with Crippen LogP contribution >= 0.6 is 11.8 Å². The Bertz CT molecular complexity index is 942. The van der Waals surface area contributed by atoms with Gasteiger partial charge in [0.05, 0.1) is 13.2 Å². The summed E-state index contributed by atoms with van der Waals surface area (Å²) in [7, 11) is 0. The number of morpholine rings is 1. The highest BCUT2D eigenvalue weighted by atomic mass is 32.2. The zero-order chi connectivity index (χ0) is 20.1. The molecule has 0 spiro atoms. The van der Waals surface area contributed by atoms with Crippen LogP contribution < -0.4 is 0 Å². The zero-order valence-electron chi connectivity index (χ0n) is 15.9. The third-order valence-electron chi connectivity index (χ3n) is 4.88. The predicted molar refractivity (Wildman–Crippen MR) is 109 cm³/mol. The van der Waals surface area contributed by atoms with Crippen molar-refractivity contribution in [1.82, 2.24) is 19.7 Å². The fourth-order valence-electron chi connectivity index (χ4n) is 3.23. The summed E-state index contributed by atoms with van der Waals surface area (Å²) in [5.74, 6) is 0.640. The van der Waals surface area contributed by atoms with E-state index in [0.717, 1.165) is 43.6 Å². The van der Waals surface area contributed by atoms with Gasteiger partial charge in [0, 0.05) is 37.5 Å². The Kier molecular flexibility index (Phi) is 6.53. The molecule has 0 saturated carbocycles. The molecule has 0 unspecified atom stereocenters. The summed E-state index contributed by atoms with van der Waals surface area (Å²) < 4.78 is 34.8. The molecule has 8 heteroatoms. The first-order valence-electron chi connectivity index (χ1n) is 9.56. The number of halogens is 2. The summed E-state index contributed by atoms with van der Waals surface area (Å²) in [5, 5.41) is 9.41. The van der Waals surface area contributed by atoms with Gasteiger partial charge in [-0.15, -0.1) is 10.2 Å². The summed E-state index contributed by atoms with van der Waals surface area (Å²) in [6.07, 6.45) is 0. The van der Waals surface area contributed by atoms with Crippen LogP contribution in [-0.2, 0) is 17.0 Å². The Morgan fingerprint density at radius 3 is 2.45 bits per heavy atom. The highest BCUT2D eigenvalue weighted by molar-refractivity contribution is 7.98. The van der Waals surface area contributed by atoms with Crippen LogP contribution in [0.2, 0.25) is 0 Å². The summed E-state index contributed by atoms with van der Waals surface area (Å²) in [6, 6.07) is 13.0. The number of thioether (sulfide) groups is 1. The van der Waals surface area contributed by atoms with Gasteiger partial charge in [0.15, 0.2) is 11.0 Å². The minimum atomic E-state index is -0.290. The van der Waals surface area contributed by atoms with Gasteiger partial charge in [-0.1, -0.05) is 30.0 Å². The van der Waals surface area contributed by atoms with Crippen molar-refractivity contribution < 1.29 is 13.5 Å². The van der Waals surface area contributed by atoms with Crippen molar-refractivity contribution in [3.8, 4) is 11.4 Å². The average Bonchev–Trinajstić information content (AvgIpc) is 3.16. The molecule has 0 amide bonds. The molecule has 3 aromatic rings. The molecule has 0 radical (unpaired) electrons. The van der Waals surface area contributed by atoms with E-state index in [4.69, 9.17) is 4.74 Å². The van der Waals surface area contributed by atoms with Gasteiger partial charge in [-0.3, -0.25) is 4.90 Å². The van der Waals surface area contributed by atoms with E-state index >= 15 is 0 Å². The predicted octanol–water partition coefficient (Wildman–Crippen LogP) is 3.85. The number of nitrogens with zero attached hydrogens (tertiary/aromatic N) is 4. The van der Waals surface area contributed by atoms with Gasteiger partial charge < -0.3 is 9.30 Å². The molecule has 1 aliphatic heterocycles. The molecule has 1 saturated heterocycles. The van der Waals surface area contributed by atoms with E-state index < -0.39 is 0 Å². The largest absolute Gasteiger partial charge is 0.379 e. The molecule has 0 bridgehead atoms. The fraction of sp³-hybridized carbons (Fsp3) is 0.333. The lowest BCUT2D eigenvalue weighted by atomic mass is 10.2. The molecule has 0 aliphatic carbocycles. The molecule has 0 atom stereocenters. The quantitative estimate of drug-likeness (QED) is 0.548. The smallest absolute Gasteiger partial charge is 0.191 e. The lowest BCUT2D eigenvalue weighted by molar-refractivity contribution is 0.0361. The molecular formula is C21H22F2N4OS. The fourth-order valence-corrected chi connectivity index (χ4v) is 4.18. The lowest BCUT2D eigenvalue weighted by Crippen LogP contribution is -2.38. The third-order valence-corrected chi connectivity index (χ3v) is 5.89. The second-order valence-electron chi connectivity index (χ2n) is 6.80. The number of hydrogen-bond acceptors (Lipinski definition) is 5. The van der Waals surface area contributed by atoms with Crippen LogP contribution in [0.5, 0.6) is 0 Å². The Morgan fingerprint density at radius 2 is 1.69 bits per heavy atom. The van der Waals surface area contributed by atoms with Crippen LogP contribution in [0.15, 0.2) is 53.7 Å². The first-order valence-corrected chi connectivity index (χ1v) is 10.5. The molecule has 1 aromatic heterocycles. The monoisotopic (exact) mass is 416 g/mol. The van der Waals surface area contributed by atoms with E-state index in [1.807, 2.05) is 10.6 Å². The van der Waals surface area contributed by atoms with Crippen LogP contribution in [0.4, 0.5) is 8.78 Å². The highest BCUT2D eigenvalue weighted by Crippen LogP contribution is 2.27. The minimum Gasteiger partial charge on any atom is -0.379 e. The van der Waals surface area contributed by atoms with Crippen LogP contribution in [0.25, 0.3) is 11.4 Å². The third kappa shape index (κ3) is 5.01. The van der Waals surface area contributed by atoms with Crippen LogP contribution in [0.3, 0.4) is 0 Å². The molecule has 1 fully saturated rings. The maximum absolute atomic E-state index is 14.0. The van der Waals surface area contributed by atoms with Crippen molar-refractivity contribution in [3.63, 3.8) is 0 Å². The van der Waals surface area contributed by atoms with Gasteiger partial charge >= 0.3 is 0 Å². The molecule has 1 aliphatic rings. The van der Waals surface area contributed by atoms with Crippen LogP contribution in [0.1, 0.15) is 5.56 Å². The normalized spacial score (nSPS) is 15.0. The molecule has 4 rings (SSSR count). The lowest BCUT2D eigenvalue weighted by Gasteiger charge is -2.27. The highest BCUT2D eigenvalue weighted by Gasteiger charge is 2.17. The maximum atomic E-state index is 14.0. The topological polar surface area (TPSA) is 43.2 Å². The Morgan fingerprint density at radius 1 is 0.931 bits per heavy atom. The van der Waals surface area contributed by atoms with Crippen LogP contribution in [-0.4, -0.2) is 52.5 Å². The Labute approximate surface area is 172 Å². The van der Waals surface area contributed by atoms with E-state index in [9.17, 15) is 8.78 Å². The van der Waals surface area contributed by atoms with E-state index in [1.54, 1.807) is 24.3 Å². The van der Waals surface area contributed by atoms with E-state index in [2.05, 4.69) is 15.1 Å². The summed E-state index contributed by atoms with van der Waals surface area (Å²) in [5.41, 5.74) is 1.43. The zero-order valence-corrected chi connectivity index (χ0v) is 16.7. The van der Waals surface area contributed by atoms with Crippen molar-refractivity contribution in [3.05, 3.63) is 65.7 Å². The van der Waals surface area contributed by atoms with Crippen molar-refractivity contribution in [2.45, 2.75) is 17.5 Å². The van der Waals surface area contributed by atoms with Crippen molar-refractivity contribution in [1.29, 1.82) is 0 Å². The standard InChI is InChI=1S/C21H22F2N4OS/c22-18-7-5-16(6-8-18)20-24-25-21(29-15-17-3-1-2-4-19(17)23)27(20)10-9-26-11-13-28-14-12-26/h1-8H,9-15H2. The number of hydrogen-bond donors (Lipinski definition) is 0. The Hall–Kier alpha value is -2.29. The van der Waals surface area contributed by atoms with Gasteiger partial charge in [-0.25, -0.2) is 8.78 Å². The SMILES string of the molecule is Fc1ccc(-c2nnc(SCc3ccccc3F)n2CCN2CCOCC2)cc1. The van der Waals surface area contributed by atoms with Gasteiger partial charge in [-0.05, 0) is 35.9 Å². The summed E-state index contributed by atoms with van der Waals surface area (Å²) in [4.78, 5) is 2.34.